The van der Waals surface area contributed by atoms with Gasteiger partial charge in [0.2, 0.25) is 10.0 Å². The van der Waals surface area contributed by atoms with Crippen LogP contribution in [0.5, 0.6) is 5.75 Å². The number of halogens is 6. The number of alkyl halides is 6. The Hall–Kier alpha value is -2.27. The van der Waals surface area contributed by atoms with E-state index in [9.17, 15) is 34.8 Å². The van der Waals surface area contributed by atoms with Crippen molar-refractivity contribution in [1.82, 2.24) is 4.72 Å². The lowest BCUT2D eigenvalue weighted by molar-refractivity contribution is -0.274. The fraction of sp³-hybridized carbons (Fsp3) is 0.294. The average molecular weight is 427 g/mol. The van der Waals surface area contributed by atoms with E-state index in [1.165, 1.54) is 24.3 Å². The SMILES string of the molecule is O=S(=O)(NCCC(c1ccccc1)C(F)(F)F)c1ccc(OC(F)(F)F)cc1. The molecule has 0 saturated heterocycles. The molecule has 11 heteroatoms. The first-order valence-electron chi connectivity index (χ1n) is 7.85. The molecular formula is C17H15F6NO3S. The van der Waals surface area contributed by atoms with Gasteiger partial charge in [0.15, 0.2) is 0 Å². The Morgan fingerprint density at radius 3 is 1.96 bits per heavy atom. The summed E-state index contributed by atoms with van der Waals surface area (Å²) >= 11 is 0. The molecule has 0 bridgehead atoms. The molecular weight excluding hydrogens is 412 g/mol. The second-order valence-electron chi connectivity index (χ2n) is 5.71. The molecule has 2 aromatic carbocycles. The average Bonchev–Trinajstić information content (AvgIpc) is 2.57. The molecule has 0 fully saturated rings. The third-order valence-corrected chi connectivity index (χ3v) is 5.17. The first kappa shape index (κ1) is 22.0. The summed E-state index contributed by atoms with van der Waals surface area (Å²) in [6.45, 7) is -0.512. The lowest BCUT2D eigenvalue weighted by Gasteiger charge is -2.21. The summed E-state index contributed by atoms with van der Waals surface area (Å²) in [6, 6.07) is 10.4. The second-order valence-corrected chi connectivity index (χ2v) is 7.48. The Morgan fingerprint density at radius 2 is 1.46 bits per heavy atom. The van der Waals surface area contributed by atoms with Crippen molar-refractivity contribution in [3.05, 3.63) is 60.2 Å². The maximum absolute atomic E-state index is 13.2. The third-order valence-electron chi connectivity index (χ3n) is 3.69. The smallest absolute Gasteiger partial charge is 0.406 e. The van der Waals surface area contributed by atoms with Crippen molar-refractivity contribution >= 4 is 10.0 Å². The van der Waals surface area contributed by atoms with Gasteiger partial charge in [-0.2, -0.15) is 13.2 Å². The molecule has 0 aliphatic heterocycles. The number of ether oxygens (including phenoxy) is 1. The van der Waals surface area contributed by atoms with Gasteiger partial charge in [0, 0.05) is 6.54 Å². The van der Waals surface area contributed by atoms with Gasteiger partial charge in [0.05, 0.1) is 10.8 Å². The Bertz CT molecular complexity index is 865. The highest BCUT2D eigenvalue weighted by Crippen LogP contribution is 2.37. The summed E-state index contributed by atoms with van der Waals surface area (Å²) in [7, 11) is -4.20. The highest BCUT2D eigenvalue weighted by atomic mass is 32.2. The standard InChI is InChI=1S/C17H15F6NO3S/c18-16(19,20)15(12-4-2-1-3-5-12)10-11-24-28(25,26)14-8-6-13(7-9-14)27-17(21,22)23/h1-9,15,24H,10-11H2. The number of sulfonamides is 1. The van der Waals surface area contributed by atoms with Gasteiger partial charge in [-0.3, -0.25) is 0 Å². The molecule has 0 amide bonds. The Labute approximate surface area is 157 Å². The van der Waals surface area contributed by atoms with Gasteiger partial charge in [-0.1, -0.05) is 30.3 Å². The molecule has 0 aliphatic rings. The van der Waals surface area contributed by atoms with E-state index in [2.05, 4.69) is 4.74 Å². The van der Waals surface area contributed by atoms with Crippen molar-refractivity contribution in [2.24, 2.45) is 0 Å². The number of rotatable bonds is 7. The molecule has 0 aromatic heterocycles. The monoisotopic (exact) mass is 427 g/mol. The highest BCUT2D eigenvalue weighted by molar-refractivity contribution is 7.89. The Balaban J connectivity index is 2.04. The van der Waals surface area contributed by atoms with Crippen LogP contribution in [0.25, 0.3) is 0 Å². The zero-order valence-corrected chi connectivity index (χ0v) is 14.9. The van der Waals surface area contributed by atoms with E-state index >= 15 is 0 Å². The van der Waals surface area contributed by atoms with Crippen LogP contribution in [0.4, 0.5) is 26.3 Å². The molecule has 1 unspecified atom stereocenters. The molecule has 0 radical (unpaired) electrons. The molecule has 1 N–H and O–H groups in total. The minimum absolute atomic E-state index is 0.00264. The largest absolute Gasteiger partial charge is 0.573 e. The zero-order valence-electron chi connectivity index (χ0n) is 14.1. The summed E-state index contributed by atoms with van der Waals surface area (Å²) < 4.78 is 106. The molecule has 0 saturated carbocycles. The molecule has 0 spiro atoms. The van der Waals surface area contributed by atoms with Crippen LogP contribution in [0.2, 0.25) is 0 Å². The van der Waals surface area contributed by atoms with Gasteiger partial charge in [0.1, 0.15) is 5.75 Å². The van der Waals surface area contributed by atoms with E-state index in [0.717, 1.165) is 24.3 Å². The summed E-state index contributed by atoms with van der Waals surface area (Å²) in [4.78, 5) is -0.398. The van der Waals surface area contributed by atoms with Gasteiger partial charge < -0.3 is 4.74 Å². The summed E-state index contributed by atoms with van der Waals surface area (Å²) in [5.74, 6) is -2.48. The summed E-state index contributed by atoms with van der Waals surface area (Å²) in [5.41, 5.74) is 0.00264. The summed E-state index contributed by atoms with van der Waals surface area (Å²) in [6.07, 6.45) is -10.0. The van der Waals surface area contributed by atoms with E-state index in [1.807, 2.05) is 4.72 Å². The van der Waals surface area contributed by atoms with Gasteiger partial charge in [-0.15, -0.1) is 13.2 Å². The van der Waals surface area contributed by atoms with Crippen LogP contribution in [0, 0.1) is 0 Å². The lowest BCUT2D eigenvalue weighted by Crippen LogP contribution is -2.29. The van der Waals surface area contributed by atoms with Crippen molar-refractivity contribution in [2.45, 2.75) is 29.8 Å². The van der Waals surface area contributed by atoms with E-state index in [1.54, 1.807) is 6.07 Å². The molecule has 2 aromatic rings. The van der Waals surface area contributed by atoms with Gasteiger partial charge in [-0.05, 0) is 36.2 Å². The van der Waals surface area contributed by atoms with Crippen LogP contribution in [0.1, 0.15) is 17.9 Å². The number of nitrogens with one attached hydrogen (secondary N) is 1. The lowest BCUT2D eigenvalue weighted by atomic mass is 9.95. The van der Waals surface area contributed by atoms with Crippen molar-refractivity contribution < 1.29 is 39.5 Å². The number of hydrogen-bond acceptors (Lipinski definition) is 3. The minimum atomic E-state index is -4.93. The van der Waals surface area contributed by atoms with Crippen molar-refractivity contribution in [2.75, 3.05) is 6.54 Å². The van der Waals surface area contributed by atoms with Crippen LogP contribution >= 0.6 is 0 Å². The van der Waals surface area contributed by atoms with Crippen LogP contribution < -0.4 is 9.46 Å². The van der Waals surface area contributed by atoms with E-state index in [4.69, 9.17) is 0 Å². The maximum atomic E-state index is 13.2. The zero-order chi connectivity index (χ0) is 21.0. The molecule has 1 atom stereocenters. The van der Waals surface area contributed by atoms with E-state index in [-0.39, 0.29) is 5.56 Å². The van der Waals surface area contributed by atoms with Crippen LogP contribution in [0.3, 0.4) is 0 Å². The maximum Gasteiger partial charge on any atom is 0.573 e. The Kier molecular flexibility index (Phi) is 6.60. The first-order chi connectivity index (χ1) is 12.9. The molecule has 0 aliphatic carbocycles. The first-order valence-corrected chi connectivity index (χ1v) is 9.34. The minimum Gasteiger partial charge on any atom is -0.406 e. The molecule has 4 nitrogen and oxygen atoms in total. The van der Waals surface area contributed by atoms with E-state index in [0.29, 0.717) is 0 Å². The fourth-order valence-electron chi connectivity index (χ4n) is 2.45. The molecule has 0 heterocycles. The normalized spacial score (nSPS) is 13.9. The quantitative estimate of drug-likeness (QED) is 0.658. The van der Waals surface area contributed by atoms with E-state index < -0.39 is 52.1 Å². The van der Waals surface area contributed by atoms with Gasteiger partial charge in [0.25, 0.3) is 0 Å². The second kappa shape index (κ2) is 8.39. The van der Waals surface area contributed by atoms with Gasteiger partial charge in [-0.25, -0.2) is 13.1 Å². The van der Waals surface area contributed by atoms with Crippen molar-refractivity contribution in [1.29, 1.82) is 0 Å². The predicted octanol–water partition coefficient (Wildman–Crippen LogP) is 4.60. The van der Waals surface area contributed by atoms with Crippen LogP contribution in [0.15, 0.2) is 59.5 Å². The van der Waals surface area contributed by atoms with Crippen molar-refractivity contribution in [3.63, 3.8) is 0 Å². The van der Waals surface area contributed by atoms with Gasteiger partial charge >= 0.3 is 12.5 Å². The molecule has 154 valence electrons. The van der Waals surface area contributed by atoms with Crippen molar-refractivity contribution in [3.8, 4) is 5.75 Å². The molecule has 28 heavy (non-hydrogen) atoms. The number of benzene rings is 2. The summed E-state index contributed by atoms with van der Waals surface area (Å²) in [5, 5.41) is 0. The highest BCUT2D eigenvalue weighted by Gasteiger charge is 2.40. The topological polar surface area (TPSA) is 55.4 Å². The van der Waals surface area contributed by atoms with Crippen LogP contribution in [-0.4, -0.2) is 27.5 Å². The third kappa shape index (κ3) is 6.41. The molecule has 2 rings (SSSR count). The van der Waals surface area contributed by atoms with Crippen LogP contribution in [-0.2, 0) is 10.0 Å². The Morgan fingerprint density at radius 1 is 0.893 bits per heavy atom. The predicted molar refractivity (Wildman–Crippen MR) is 88.2 cm³/mol. The fourth-order valence-corrected chi connectivity index (χ4v) is 3.49. The number of hydrogen-bond donors (Lipinski definition) is 1.